The summed E-state index contributed by atoms with van der Waals surface area (Å²) in [5.41, 5.74) is 0. The van der Waals surface area contributed by atoms with Gasteiger partial charge >= 0.3 is 0 Å². The van der Waals surface area contributed by atoms with Gasteiger partial charge in [-0.05, 0) is 12.5 Å². The second kappa shape index (κ2) is 5.11. The zero-order valence-corrected chi connectivity index (χ0v) is 12.1. The van der Waals surface area contributed by atoms with E-state index in [-0.39, 0.29) is 11.6 Å². The van der Waals surface area contributed by atoms with Gasteiger partial charge in [0, 0.05) is 22.9 Å². The fourth-order valence-electron chi connectivity index (χ4n) is 2.50. The lowest BCUT2D eigenvalue weighted by molar-refractivity contribution is -0.133. The Morgan fingerprint density at radius 1 is 1.15 bits per heavy atom. The van der Waals surface area contributed by atoms with Crippen molar-refractivity contribution in [3.8, 4) is 0 Å². The van der Waals surface area contributed by atoms with Crippen LogP contribution in [0.15, 0.2) is 24.3 Å². The van der Waals surface area contributed by atoms with Gasteiger partial charge in [0.15, 0.2) is 17.3 Å². The van der Waals surface area contributed by atoms with E-state index in [1.165, 1.54) is 11.3 Å². The zero-order valence-electron chi connectivity index (χ0n) is 10.5. The average Bonchev–Trinajstić information content (AvgIpc) is 2.76. The quantitative estimate of drug-likeness (QED) is 0.628. The highest BCUT2D eigenvalue weighted by Crippen LogP contribution is 2.37. The van der Waals surface area contributed by atoms with Crippen molar-refractivity contribution in [3.05, 3.63) is 34.2 Å². The Morgan fingerprint density at radius 3 is 2.45 bits per heavy atom. The van der Waals surface area contributed by atoms with E-state index in [9.17, 15) is 14.4 Å². The highest BCUT2D eigenvalue weighted by molar-refractivity contribution is 7.21. The summed E-state index contributed by atoms with van der Waals surface area (Å²) in [7, 11) is 0. The summed E-state index contributed by atoms with van der Waals surface area (Å²) in [6, 6.07) is 7.40. The van der Waals surface area contributed by atoms with E-state index in [0.717, 1.165) is 10.1 Å². The van der Waals surface area contributed by atoms with Crippen molar-refractivity contribution in [2.45, 2.75) is 19.3 Å². The molecule has 0 unspecified atom stereocenters. The van der Waals surface area contributed by atoms with Crippen LogP contribution in [0.3, 0.4) is 0 Å². The first kappa shape index (κ1) is 13.5. The predicted octanol–water partition coefficient (Wildman–Crippen LogP) is 3.68. The maximum atomic E-state index is 12.5. The number of hydrogen-bond donors (Lipinski definition) is 0. The highest BCUT2D eigenvalue weighted by Gasteiger charge is 2.38. The van der Waals surface area contributed by atoms with Crippen LogP contribution >= 0.6 is 22.9 Å². The van der Waals surface area contributed by atoms with E-state index in [1.54, 1.807) is 0 Å². The molecule has 0 radical (unpaired) electrons. The number of rotatable bonds is 2. The van der Waals surface area contributed by atoms with Crippen molar-refractivity contribution in [1.29, 1.82) is 0 Å². The molecule has 0 bridgehead atoms. The van der Waals surface area contributed by atoms with Crippen molar-refractivity contribution in [2.75, 3.05) is 0 Å². The van der Waals surface area contributed by atoms with Gasteiger partial charge in [-0.25, -0.2) is 0 Å². The fraction of sp³-hybridized carbons (Fsp3) is 0.267. The second-order valence-corrected chi connectivity index (χ2v) is 6.25. The molecule has 2 aromatic rings. The first-order valence-corrected chi connectivity index (χ1v) is 7.55. The molecule has 1 aromatic carbocycles. The third kappa shape index (κ3) is 2.09. The van der Waals surface area contributed by atoms with Crippen LogP contribution in [-0.4, -0.2) is 17.3 Å². The number of benzene rings is 1. The first-order chi connectivity index (χ1) is 9.59. The van der Waals surface area contributed by atoms with E-state index in [4.69, 9.17) is 11.6 Å². The third-order valence-corrected chi connectivity index (χ3v) is 5.20. The SMILES string of the molecule is O=C1CCCC(=O)C1C(=O)c1sc2ccccc2c1Cl. The Bertz CT molecular complexity index is 716. The topological polar surface area (TPSA) is 51.2 Å². The van der Waals surface area contributed by atoms with E-state index < -0.39 is 11.7 Å². The molecule has 0 N–H and O–H groups in total. The number of carbonyl (C=O) groups is 3. The van der Waals surface area contributed by atoms with Crippen molar-refractivity contribution in [1.82, 2.24) is 0 Å². The second-order valence-electron chi connectivity index (χ2n) is 4.82. The van der Waals surface area contributed by atoms with Crippen LogP contribution in [0.2, 0.25) is 5.02 Å². The van der Waals surface area contributed by atoms with Gasteiger partial charge < -0.3 is 0 Å². The zero-order chi connectivity index (χ0) is 14.3. The Morgan fingerprint density at radius 2 is 1.80 bits per heavy atom. The first-order valence-electron chi connectivity index (χ1n) is 6.36. The normalized spacial score (nSPS) is 16.9. The van der Waals surface area contributed by atoms with Crippen LogP contribution in [0.25, 0.3) is 10.1 Å². The minimum absolute atomic E-state index is 0.278. The lowest BCUT2D eigenvalue weighted by Gasteiger charge is -2.17. The number of Topliss-reactive ketones (excluding diaryl/α,β-unsaturated/α-hetero) is 3. The maximum Gasteiger partial charge on any atom is 0.192 e. The minimum Gasteiger partial charge on any atom is -0.298 e. The van der Waals surface area contributed by atoms with Crippen LogP contribution in [-0.2, 0) is 9.59 Å². The van der Waals surface area contributed by atoms with E-state index in [0.29, 0.717) is 29.2 Å². The summed E-state index contributed by atoms with van der Waals surface area (Å²) in [6.07, 6.45) is 1.14. The molecule has 5 heteroatoms. The summed E-state index contributed by atoms with van der Waals surface area (Å²) >= 11 is 7.48. The molecule has 102 valence electrons. The smallest absolute Gasteiger partial charge is 0.192 e. The summed E-state index contributed by atoms with van der Waals surface area (Å²) in [6.45, 7) is 0. The number of carbonyl (C=O) groups excluding carboxylic acids is 3. The molecule has 1 heterocycles. The third-order valence-electron chi connectivity index (χ3n) is 3.51. The van der Waals surface area contributed by atoms with Crippen molar-refractivity contribution in [2.24, 2.45) is 5.92 Å². The standard InChI is InChI=1S/C15H11ClO3S/c16-13-8-4-1-2-7-11(8)20-15(13)14(19)12-9(17)5-3-6-10(12)18/h1-2,4,7,12H,3,5-6H2. The largest absolute Gasteiger partial charge is 0.298 e. The van der Waals surface area contributed by atoms with Crippen LogP contribution < -0.4 is 0 Å². The lowest BCUT2D eigenvalue weighted by atomic mass is 9.83. The number of halogens is 1. The molecule has 3 rings (SSSR count). The molecular formula is C15H11ClO3S. The Balaban J connectivity index is 2.06. The van der Waals surface area contributed by atoms with Gasteiger partial charge in [0.1, 0.15) is 5.92 Å². The molecule has 1 aliphatic rings. The van der Waals surface area contributed by atoms with Gasteiger partial charge in [-0.1, -0.05) is 29.8 Å². The Hall–Kier alpha value is -1.52. The molecule has 20 heavy (non-hydrogen) atoms. The molecule has 0 saturated heterocycles. The fourth-order valence-corrected chi connectivity index (χ4v) is 4.00. The maximum absolute atomic E-state index is 12.5. The Labute approximate surface area is 124 Å². The summed E-state index contributed by atoms with van der Waals surface area (Å²) < 4.78 is 0.886. The van der Waals surface area contributed by atoms with Crippen molar-refractivity contribution < 1.29 is 14.4 Å². The van der Waals surface area contributed by atoms with E-state index in [1.807, 2.05) is 24.3 Å². The average molecular weight is 307 g/mol. The number of fused-ring (bicyclic) bond motifs is 1. The number of hydrogen-bond acceptors (Lipinski definition) is 4. The number of ketones is 3. The summed E-state index contributed by atoms with van der Waals surface area (Å²) in [4.78, 5) is 36.5. The van der Waals surface area contributed by atoms with Crippen LogP contribution in [0.1, 0.15) is 28.9 Å². The molecule has 1 saturated carbocycles. The molecule has 1 aliphatic carbocycles. The molecule has 3 nitrogen and oxygen atoms in total. The van der Waals surface area contributed by atoms with Gasteiger partial charge in [-0.15, -0.1) is 11.3 Å². The molecule has 0 aliphatic heterocycles. The molecule has 0 spiro atoms. The molecule has 1 aromatic heterocycles. The molecular weight excluding hydrogens is 296 g/mol. The predicted molar refractivity (Wildman–Crippen MR) is 78.5 cm³/mol. The van der Waals surface area contributed by atoms with Crippen molar-refractivity contribution in [3.63, 3.8) is 0 Å². The highest BCUT2D eigenvalue weighted by atomic mass is 35.5. The molecule has 0 amide bonds. The van der Waals surface area contributed by atoms with Crippen molar-refractivity contribution >= 4 is 50.4 Å². The minimum atomic E-state index is -1.14. The van der Waals surface area contributed by atoms with Gasteiger partial charge in [-0.2, -0.15) is 0 Å². The number of thiophene rings is 1. The molecule has 0 atom stereocenters. The molecule has 1 fully saturated rings. The van der Waals surface area contributed by atoms with Gasteiger partial charge in [-0.3, -0.25) is 14.4 Å². The monoisotopic (exact) mass is 306 g/mol. The van der Waals surface area contributed by atoms with E-state index in [2.05, 4.69) is 0 Å². The van der Waals surface area contributed by atoms with E-state index >= 15 is 0 Å². The van der Waals surface area contributed by atoms with Gasteiger partial charge in [0.25, 0.3) is 0 Å². The van der Waals surface area contributed by atoms with Crippen LogP contribution in [0, 0.1) is 5.92 Å². The summed E-state index contributed by atoms with van der Waals surface area (Å²) in [5.74, 6) is -2.14. The lowest BCUT2D eigenvalue weighted by Crippen LogP contribution is -2.35. The van der Waals surface area contributed by atoms with Gasteiger partial charge in [0.2, 0.25) is 0 Å². The van der Waals surface area contributed by atoms with Crippen LogP contribution in [0.5, 0.6) is 0 Å². The Kier molecular flexibility index (Phi) is 3.44. The van der Waals surface area contributed by atoms with Crippen LogP contribution in [0.4, 0.5) is 0 Å². The van der Waals surface area contributed by atoms with Gasteiger partial charge in [0.05, 0.1) is 9.90 Å². The summed E-state index contributed by atoms with van der Waals surface area (Å²) in [5, 5.41) is 1.14.